The summed E-state index contributed by atoms with van der Waals surface area (Å²) >= 11 is 0. The van der Waals surface area contributed by atoms with Crippen LogP contribution in [0.4, 0.5) is 14.5 Å². The van der Waals surface area contributed by atoms with Crippen molar-refractivity contribution in [3.05, 3.63) is 92.8 Å². The molecule has 172 valence electrons. The van der Waals surface area contributed by atoms with Crippen LogP contribution in [-0.2, 0) is 17.9 Å². The largest absolute Gasteiger partial charge is 0.454 e. The number of pyridine rings is 1. The number of nitrogens with zero attached hydrogens (tertiary/aromatic N) is 3. The molecule has 1 aliphatic rings. The summed E-state index contributed by atoms with van der Waals surface area (Å²) in [4.78, 5) is 43.0. The van der Waals surface area contributed by atoms with Crippen molar-refractivity contribution >= 4 is 22.6 Å². The highest BCUT2D eigenvalue weighted by Crippen LogP contribution is 2.32. The van der Waals surface area contributed by atoms with Crippen LogP contribution in [0, 0.1) is 11.6 Å². The summed E-state index contributed by atoms with van der Waals surface area (Å²) in [5.41, 5.74) is -0.881. The number of nitrogens with one attached hydrogen (secondary N) is 1. The van der Waals surface area contributed by atoms with Crippen molar-refractivity contribution in [1.29, 1.82) is 0 Å². The molecule has 0 radical (unpaired) electrons. The zero-order chi connectivity index (χ0) is 23.8. The first kappa shape index (κ1) is 21.3. The standard InChI is InChI=1S/C23H16F2N4O5/c24-14-4-5-16(15(25)9-14)27-20(30)11-28-17-2-1-7-26-21(17)22(31)29(23(28)32)10-13-3-6-18-19(8-13)34-12-33-18/h1-9H,10-12H2,(H,27,30). The van der Waals surface area contributed by atoms with Gasteiger partial charge in [0.15, 0.2) is 17.0 Å². The lowest BCUT2D eigenvalue weighted by Crippen LogP contribution is -2.42. The SMILES string of the molecule is O=C(Cn1c(=O)n(Cc2ccc3c(c2)OCO3)c(=O)c2ncccc21)Nc1ccc(F)cc1F. The molecule has 1 N–H and O–H groups in total. The second-order valence-electron chi connectivity index (χ2n) is 7.49. The topological polar surface area (TPSA) is 104 Å². The molecule has 2 aromatic carbocycles. The van der Waals surface area contributed by atoms with Crippen molar-refractivity contribution in [3.8, 4) is 11.5 Å². The van der Waals surface area contributed by atoms with Gasteiger partial charge in [0.2, 0.25) is 12.7 Å². The van der Waals surface area contributed by atoms with Gasteiger partial charge in [-0.05, 0) is 42.0 Å². The Balaban J connectivity index is 1.53. The molecule has 0 bridgehead atoms. The zero-order valence-electron chi connectivity index (χ0n) is 17.5. The average Bonchev–Trinajstić information content (AvgIpc) is 3.29. The summed E-state index contributed by atoms with van der Waals surface area (Å²) in [5, 5.41) is 2.31. The van der Waals surface area contributed by atoms with E-state index >= 15 is 0 Å². The van der Waals surface area contributed by atoms with Crippen molar-refractivity contribution in [2.75, 3.05) is 12.1 Å². The molecule has 0 fully saturated rings. The predicted octanol–water partition coefficient (Wildman–Crippen LogP) is 2.25. The van der Waals surface area contributed by atoms with E-state index in [4.69, 9.17) is 9.47 Å². The summed E-state index contributed by atoms with van der Waals surface area (Å²) in [6.07, 6.45) is 1.40. The predicted molar refractivity (Wildman–Crippen MR) is 117 cm³/mol. The molecule has 5 rings (SSSR count). The van der Waals surface area contributed by atoms with E-state index < -0.39 is 35.3 Å². The first-order valence-electron chi connectivity index (χ1n) is 10.1. The van der Waals surface area contributed by atoms with E-state index in [2.05, 4.69) is 10.3 Å². The highest BCUT2D eigenvalue weighted by atomic mass is 19.1. The van der Waals surface area contributed by atoms with E-state index in [0.29, 0.717) is 23.1 Å². The van der Waals surface area contributed by atoms with Crippen LogP contribution in [0.25, 0.3) is 11.0 Å². The van der Waals surface area contributed by atoms with Crippen LogP contribution in [-0.4, -0.2) is 26.8 Å². The minimum absolute atomic E-state index is 0.0105. The third-order valence-electron chi connectivity index (χ3n) is 5.27. The Kier molecular flexibility index (Phi) is 5.28. The molecule has 1 aliphatic heterocycles. The first-order chi connectivity index (χ1) is 16.4. The minimum Gasteiger partial charge on any atom is -0.454 e. The second-order valence-corrected chi connectivity index (χ2v) is 7.49. The van der Waals surface area contributed by atoms with Crippen molar-refractivity contribution in [3.63, 3.8) is 0 Å². The molecule has 34 heavy (non-hydrogen) atoms. The molecule has 2 aromatic heterocycles. The Morgan fingerprint density at radius 2 is 1.85 bits per heavy atom. The molecule has 0 spiro atoms. The maximum Gasteiger partial charge on any atom is 0.332 e. The molecule has 0 saturated heterocycles. The number of ether oxygens (including phenoxy) is 2. The first-order valence-corrected chi connectivity index (χ1v) is 10.1. The maximum absolute atomic E-state index is 13.9. The summed E-state index contributed by atoms with van der Waals surface area (Å²) in [6, 6.07) is 10.7. The zero-order valence-corrected chi connectivity index (χ0v) is 17.5. The third kappa shape index (κ3) is 3.87. The Bertz CT molecular complexity index is 1560. The fourth-order valence-electron chi connectivity index (χ4n) is 3.68. The van der Waals surface area contributed by atoms with Gasteiger partial charge in [0.05, 0.1) is 17.7 Å². The lowest BCUT2D eigenvalue weighted by molar-refractivity contribution is -0.116. The normalized spacial score (nSPS) is 12.2. The lowest BCUT2D eigenvalue weighted by atomic mass is 10.2. The van der Waals surface area contributed by atoms with Crippen LogP contribution in [0.5, 0.6) is 11.5 Å². The van der Waals surface area contributed by atoms with Crippen molar-refractivity contribution in [1.82, 2.24) is 14.1 Å². The quantitative estimate of drug-likeness (QED) is 0.484. The summed E-state index contributed by atoms with van der Waals surface area (Å²) < 4.78 is 39.7. The van der Waals surface area contributed by atoms with Gasteiger partial charge in [0.1, 0.15) is 18.2 Å². The number of aromatic nitrogens is 3. The monoisotopic (exact) mass is 466 g/mol. The molecule has 0 unspecified atom stereocenters. The van der Waals surface area contributed by atoms with Gasteiger partial charge >= 0.3 is 5.69 Å². The van der Waals surface area contributed by atoms with E-state index in [0.717, 1.165) is 21.3 Å². The highest BCUT2D eigenvalue weighted by Gasteiger charge is 2.19. The van der Waals surface area contributed by atoms with Gasteiger partial charge < -0.3 is 14.8 Å². The van der Waals surface area contributed by atoms with Gasteiger partial charge in [-0.1, -0.05) is 6.07 Å². The van der Waals surface area contributed by atoms with E-state index in [9.17, 15) is 23.2 Å². The Hall–Kier alpha value is -4.54. The number of carbonyl (C=O) groups is 1. The van der Waals surface area contributed by atoms with E-state index in [1.54, 1.807) is 18.2 Å². The Labute approximate surface area is 189 Å². The molecule has 0 aliphatic carbocycles. The number of hydrogen-bond donors (Lipinski definition) is 1. The minimum atomic E-state index is -0.958. The molecule has 4 aromatic rings. The number of amides is 1. The van der Waals surface area contributed by atoms with E-state index in [-0.39, 0.29) is 30.1 Å². The number of benzene rings is 2. The summed E-state index contributed by atoms with van der Waals surface area (Å²) in [6.45, 7) is -0.552. The molecular weight excluding hydrogens is 450 g/mol. The highest BCUT2D eigenvalue weighted by molar-refractivity contribution is 5.91. The van der Waals surface area contributed by atoms with Gasteiger partial charge in [-0.3, -0.25) is 18.7 Å². The van der Waals surface area contributed by atoms with E-state index in [1.807, 2.05) is 0 Å². The van der Waals surface area contributed by atoms with E-state index in [1.165, 1.54) is 18.3 Å². The van der Waals surface area contributed by atoms with Crippen LogP contribution in [0.3, 0.4) is 0 Å². The lowest BCUT2D eigenvalue weighted by Gasteiger charge is -2.14. The van der Waals surface area contributed by atoms with Gasteiger partial charge in [-0.25, -0.2) is 18.6 Å². The van der Waals surface area contributed by atoms with Crippen molar-refractivity contribution < 1.29 is 23.0 Å². The fraction of sp³-hybridized carbons (Fsp3) is 0.130. The Morgan fingerprint density at radius 3 is 2.68 bits per heavy atom. The van der Waals surface area contributed by atoms with Crippen molar-refractivity contribution in [2.45, 2.75) is 13.1 Å². The van der Waals surface area contributed by atoms with Gasteiger partial charge in [-0.15, -0.1) is 0 Å². The van der Waals surface area contributed by atoms with Gasteiger partial charge in [0, 0.05) is 12.3 Å². The maximum atomic E-state index is 13.9. The van der Waals surface area contributed by atoms with Gasteiger partial charge in [-0.2, -0.15) is 0 Å². The summed E-state index contributed by atoms with van der Waals surface area (Å²) in [5.74, 6) is -1.45. The van der Waals surface area contributed by atoms with Crippen LogP contribution in [0.2, 0.25) is 0 Å². The van der Waals surface area contributed by atoms with Gasteiger partial charge in [0.25, 0.3) is 5.56 Å². The number of halogens is 2. The number of rotatable bonds is 5. The molecular formula is C23H16F2N4O5. The smallest absolute Gasteiger partial charge is 0.332 e. The third-order valence-corrected chi connectivity index (χ3v) is 5.27. The number of hydrogen-bond acceptors (Lipinski definition) is 6. The number of anilines is 1. The molecule has 3 heterocycles. The average molecular weight is 466 g/mol. The molecule has 9 nitrogen and oxygen atoms in total. The van der Waals surface area contributed by atoms with Crippen LogP contribution in [0.15, 0.2) is 64.3 Å². The fourth-order valence-corrected chi connectivity index (χ4v) is 3.68. The molecule has 0 atom stereocenters. The number of carbonyl (C=O) groups excluding carboxylic acids is 1. The van der Waals surface area contributed by atoms with Crippen molar-refractivity contribution in [2.24, 2.45) is 0 Å². The Morgan fingerprint density at radius 1 is 1.03 bits per heavy atom. The molecule has 0 saturated carbocycles. The second kappa shape index (κ2) is 8.43. The van der Waals surface area contributed by atoms with Crippen LogP contribution >= 0.6 is 0 Å². The van der Waals surface area contributed by atoms with Crippen LogP contribution in [0.1, 0.15) is 5.56 Å². The molecule has 1 amide bonds. The molecule has 11 heteroatoms. The summed E-state index contributed by atoms with van der Waals surface area (Å²) in [7, 11) is 0. The number of fused-ring (bicyclic) bond motifs is 2. The van der Waals surface area contributed by atoms with Crippen LogP contribution < -0.4 is 26.0 Å².